The Hall–Kier alpha value is -1.89. The van der Waals surface area contributed by atoms with Gasteiger partial charge in [-0.3, -0.25) is 4.79 Å². The molecule has 3 heterocycles. The molecule has 0 unspecified atom stereocenters. The number of methoxy groups -OCH3 is 1. The van der Waals surface area contributed by atoms with Gasteiger partial charge in [0.25, 0.3) is 0 Å². The number of rotatable bonds is 3. The van der Waals surface area contributed by atoms with Gasteiger partial charge >= 0.3 is 0 Å². The second-order valence-electron chi connectivity index (χ2n) is 5.19. The maximum Gasteiger partial charge on any atom is 0.245 e. The summed E-state index contributed by atoms with van der Waals surface area (Å²) < 4.78 is 10.4. The molecule has 0 radical (unpaired) electrons. The van der Waals surface area contributed by atoms with Gasteiger partial charge < -0.3 is 19.3 Å². The maximum absolute atomic E-state index is 12.7. The number of anilines is 1. The molecule has 0 N–H and O–H groups in total. The predicted octanol–water partition coefficient (Wildman–Crippen LogP) is 0.313. The largest absolute Gasteiger partial charge is 0.481 e. The fraction of sp³-hybridized carbons (Fsp3) is 0.643. The molecule has 2 fully saturated rings. The second-order valence-corrected chi connectivity index (χ2v) is 5.19. The van der Waals surface area contributed by atoms with E-state index < -0.39 is 0 Å². The van der Waals surface area contributed by atoms with E-state index in [1.165, 1.54) is 0 Å². The molecule has 0 saturated carbocycles. The second kappa shape index (κ2) is 6.26. The molecule has 2 saturated heterocycles. The number of hydrogen-bond acceptors (Lipinski definition) is 6. The summed E-state index contributed by atoms with van der Waals surface area (Å²) in [7, 11) is 1.58. The van der Waals surface area contributed by atoms with Gasteiger partial charge in [0.15, 0.2) is 0 Å². The Morgan fingerprint density at radius 3 is 2.95 bits per heavy atom. The quantitative estimate of drug-likeness (QED) is 0.799. The van der Waals surface area contributed by atoms with Crippen molar-refractivity contribution in [3.63, 3.8) is 0 Å². The van der Waals surface area contributed by atoms with Crippen molar-refractivity contribution in [3.05, 3.63) is 12.3 Å². The molecular weight excluding hydrogens is 272 g/mol. The third kappa shape index (κ3) is 2.92. The van der Waals surface area contributed by atoms with Crippen LogP contribution in [0.4, 0.5) is 5.95 Å². The molecule has 3 rings (SSSR count). The van der Waals surface area contributed by atoms with E-state index in [0.717, 1.165) is 19.4 Å². The Morgan fingerprint density at radius 1 is 1.38 bits per heavy atom. The van der Waals surface area contributed by atoms with Gasteiger partial charge in [-0.2, -0.15) is 4.98 Å². The summed E-state index contributed by atoms with van der Waals surface area (Å²) >= 11 is 0. The van der Waals surface area contributed by atoms with Gasteiger partial charge in [-0.1, -0.05) is 0 Å². The monoisotopic (exact) mass is 292 g/mol. The Labute approximate surface area is 123 Å². The Morgan fingerprint density at radius 2 is 2.19 bits per heavy atom. The summed E-state index contributed by atoms with van der Waals surface area (Å²) in [6.07, 6.45) is 3.48. The smallest absolute Gasteiger partial charge is 0.245 e. The van der Waals surface area contributed by atoms with Crippen LogP contribution in [0, 0.1) is 0 Å². The number of aromatic nitrogens is 2. The number of morpholine rings is 1. The first-order valence-electron chi connectivity index (χ1n) is 7.30. The zero-order valence-corrected chi connectivity index (χ0v) is 12.2. The zero-order valence-electron chi connectivity index (χ0n) is 12.2. The van der Waals surface area contributed by atoms with E-state index >= 15 is 0 Å². The molecular formula is C14H20N4O3. The van der Waals surface area contributed by atoms with Crippen LogP contribution in [0.2, 0.25) is 0 Å². The molecule has 114 valence electrons. The van der Waals surface area contributed by atoms with Gasteiger partial charge in [0.05, 0.1) is 20.3 Å². The minimum atomic E-state index is -0.171. The first kappa shape index (κ1) is 14.1. The van der Waals surface area contributed by atoms with Gasteiger partial charge in [-0.05, 0) is 12.8 Å². The lowest BCUT2D eigenvalue weighted by Crippen LogP contribution is -2.50. The van der Waals surface area contributed by atoms with Crippen LogP contribution in [0.3, 0.4) is 0 Å². The predicted molar refractivity (Wildman–Crippen MR) is 76.4 cm³/mol. The van der Waals surface area contributed by atoms with E-state index in [4.69, 9.17) is 9.47 Å². The van der Waals surface area contributed by atoms with E-state index in [-0.39, 0.29) is 11.9 Å². The number of nitrogens with zero attached hydrogens (tertiary/aromatic N) is 4. The first-order valence-corrected chi connectivity index (χ1v) is 7.30. The van der Waals surface area contributed by atoms with Crippen LogP contribution in [0.15, 0.2) is 12.3 Å². The summed E-state index contributed by atoms with van der Waals surface area (Å²) in [5, 5.41) is 0. The molecule has 2 aliphatic heterocycles. The van der Waals surface area contributed by atoms with E-state index in [9.17, 15) is 4.79 Å². The van der Waals surface area contributed by atoms with Crippen molar-refractivity contribution >= 4 is 11.9 Å². The van der Waals surface area contributed by atoms with Crippen LogP contribution in [0.1, 0.15) is 12.8 Å². The van der Waals surface area contributed by atoms with Crippen molar-refractivity contribution < 1.29 is 14.3 Å². The molecule has 0 aromatic carbocycles. The van der Waals surface area contributed by atoms with Crippen LogP contribution in [0.5, 0.6) is 5.88 Å². The van der Waals surface area contributed by atoms with Crippen molar-refractivity contribution in [2.45, 2.75) is 18.9 Å². The number of amides is 1. The average Bonchev–Trinajstić information content (AvgIpc) is 3.04. The van der Waals surface area contributed by atoms with Gasteiger partial charge in [0, 0.05) is 31.9 Å². The van der Waals surface area contributed by atoms with Crippen molar-refractivity contribution in [2.75, 3.05) is 44.9 Å². The SMILES string of the molecule is COc1ccnc(N2CCC[C@@H]2C(=O)N2CCOCC2)n1. The average molecular weight is 292 g/mol. The number of ether oxygens (including phenoxy) is 2. The van der Waals surface area contributed by atoms with Gasteiger partial charge in [-0.25, -0.2) is 4.98 Å². The highest BCUT2D eigenvalue weighted by atomic mass is 16.5. The summed E-state index contributed by atoms with van der Waals surface area (Å²) in [6, 6.07) is 1.54. The fourth-order valence-electron chi connectivity index (χ4n) is 2.84. The van der Waals surface area contributed by atoms with Crippen molar-refractivity contribution in [1.29, 1.82) is 0 Å². The maximum atomic E-state index is 12.7. The van der Waals surface area contributed by atoms with Crippen molar-refractivity contribution in [1.82, 2.24) is 14.9 Å². The van der Waals surface area contributed by atoms with Gasteiger partial charge in [-0.15, -0.1) is 0 Å². The molecule has 2 aliphatic rings. The van der Waals surface area contributed by atoms with Gasteiger partial charge in [0.2, 0.25) is 17.7 Å². The molecule has 21 heavy (non-hydrogen) atoms. The standard InChI is InChI=1S/C14H20N4O3/c1-20-12-4-5-15-14(16-12)18-6-2-3-11(18)13(19)17-7-9-21-10-8-17/h4-5,11H,2-3,6-10H2,1H3/t11-/m1/s1. The molecule has 1 aromatic rings. The molecule has 7 nitrogen and oxygen atoms in total. The van der Waals surface area contributed by atoms with Crippen LogP contribution >= 0.6 is 0 Å². The number of carbonyl (C=O) groups is 1. The molecule has 1 aromatic heterocycles. The lowest BCUT2D eigenvalue weighted by molar-refractivity contribution is -0.136. The zero-order chi connectivity index (χ0) is 14.7. The fourth-order valence-corrected chi connectivity index (χ4v) is 2.84. The normalized spacial score (nSPS) is 22.4. The minimum absolute atomic E-state index is 0.155. The third-order valence-electron chi connectivity index (χ3n) is 3.94. The van der Waals surface area contributed by atoms with E-state index in [2.05, 4.69) is 9.97 Å². The third-order valence-corrected chi connectivity index (χ3v) is 3.94. The number of carbonyl (C=O) groups excluding carboxylic acids is 1. The van der Waals surface area contributed by atoms with Crippen LogP contribution in [0.25, 0.3) is 0 Å². The Bertz CT molecular complexity index is 505. The van der Waals surface area contributed by atoms with Crippen LogP contribution in [-0.4, -0.2) is 66.8 Å². The van der Waals surface area contributed by atoms with Gasteiger partial charge in [0.1, 0.15) is 6.04 Å². The summed E-state index contributed by atoms with van der Waals surface area (Å²) in [5.74, 6) is 1.24. The lowest BCUT2D eigenvalue weighted by atomic mass is 10.2. The van der Waals surface area contributed by atoms with E-state index in [1.807, 2.05) is 9.80 Å². The lowest BCUT2D eigenvalue weighted by Gasteiger charge is -2.32. The van der Waals surface area contributed by atoms with Crippen LogP contribution in [-0.2, 0) is 9.53 Å². The highest BCUT2D eigenvalue weighted by Crippen LogP contribution is 2.25. The highest BCUT2D eigenvalue weighted by Gasteiger charge is 2.35. The summed E-state index contributed by atoms with van der Waals surface area (Å²) in [4.78, 5) is 25.2. The Kier molecular flexibility index (Phi) is 4.19. The summed E-state index contributed by atoms with van der Waals surface area (Å²) in [5.41, 5.74) is 0. The molecule has 7 heteroatoms. The van der Waals surface area contributed by atoms with E-state index in [0.29, 0.717) is 38.1 Å². The molecule has 0 bridgehead atoms. The molecule has 0 aliphatic carbocycles. The van der Waals surface area contributed by atoms with Crippen molar-refractivity contribution in [2.24, 2.45) is 0 Å². The first-order chi connectivity index (χ1) is 10.3. The summed E-state index contributed by atoms with van der Waals surface area (Å²) in [6.45, 7) is 3.38. The molecule has 0 spiro atoms. The topological polar surface area (TPSA) is 67.8 Å². The van der Waals surface area contributed by atoms with Crippen LogP contribution < -0.4 is 9.64 Å². The minimum Gasteiger partial charge on any atom is -0.481 e. The van der Waals surface area contributed by atoms with Crippen molar-refractivity contribution in [3.8, 4) is 5.88 Å². The molecule has 1 amide bonds. The number of hydrogen-bond donors (Lipinski definition) is 0. The van der Waals surface area contributed by atoms with E-state index in [1.54, 1.807) is 19.4 Å². The molecule has 1 atom stereocenters. The Balaban J connectivity index is 1.76. The highest BCUT2D eigenvalue weighted by molar-refractivity contribution is 5.85.